The Balaban J connectivity index is 1.26. The molecule has 0 radical (unpaired) electrons. The molecular formula is C29H31N3O6. The van der Waals surface area contributed by atoms with Gasteiger partial charge in [0.15, 0.2) is 0 Å². The smallest absolute Gasteiger partial charge is 0.411 e. The van der Waals surface area contributed by atoms with Gasteiger partial charge < -0.3 is 28.3 Å². The van der Waals surface area contributed by atoms with Gasteiger partial charge in [0, 0.05) is 23.7 Å². The average molecular weight is 518 g/mol. The molecule has 198 valence electrons. The molecule has 38 heavy (non-hydrogen) atoms. The van der Waals surface area contributed by atoms with E-state index in [2.05, 4.69) is 16.0 Å². The number of hydrogen-bond acceptors (Lipinski definition) is 7. The maximum absolute atomic E-state index is 12.2. The molecule has 1 atom stereocenters. The number of nitrogens with one attached hydrogen (secondary N) is 1. The molecule has 1 aromatic heterocycles. The van der Waals surface area contributed by atoms with E-state index >= 15 is 0 Å². The fraction of sp³-hybridized carbons (Fsp3) is 0.448. The van der Waals surface area contributed by atoms with Crippen molar-refractivity contribution in [2.45, 2.75) is 50.4 Å². The van der Waals surface area contributed by atoms with Crippen molar-refractivity contribution in [3.8, 4) is 23.1 Å². The molecule has 1 saturated carbocycles. The molecule has 1 N–H and O–H groups in total. The summed E-state index contributed by atoms with van der Waals surface area (Å²) in [7, 11) is 0. The molecule has 9 heteroatoms. The van der Waals surface area contributed by atoms with Gasteiger partial charge in [-0.3, -0.25) is 5.32 Å². The van der Waals surface area contributed by atoms with Gasteiger partial charge in [0.1, 0.15) is 31.3 Å². The standard InChI is InChI=1S/C29H31N3O6/c30-14-26-25-13-22(38-24-15-34-18-35-16-24)10-11-27(25)32(21-3-1-4-21)28(26)19-6-8-20(9-7-19)31-29(33)37-17-23-5-2-12-36-23/h6-11,13,21,23-24H,1-5,12,15-18H2,(H,31,33)/t23-/m1/s1. The van der Waals surface area contributed by atoms with Gasteiger partial charge in [0.25, 0.3) is 0 Å². The van der Waals surface area contributed by atoms with Gasteiger partial charge in [0.05, 0.1) is 36.1 Å². The second-order valence-corrected chi connectivity index (χ2v) is 10.0. The summed E-state index contributed by atoms with van der Waals surface area (Å²) in [4.78, 5) is 12.2. The van der Waals surface area contributed by atoms with Gasteiger partial charge in [-0.25, -0.2) is 4.79 Å². The third kappa shape index (κ3) is 5.07. The number of hydrogen-bond donors (Lipinski definition) is 1. The first-order valence-electron chi connectivity index (χ1n) is 13.3. The number of carbonyl (C=O) groups excluding carboxylic acids is 1. The monoisotopic (exact) mass is 517 g/mol. The number of rotatable bonds is 7. The summed E-state index contributed by atoms with van der Waals surface area (Å²) in [5.41, 5.74) is 4.07. The van der Waals surface area contributed by atoms with Gasteiger partial charge in [0.2, 0.25) is 0 Å². The maximum Gasteiger partial charge on any atom is 0.411 e. The Bertz CT molecular complexity index is 1330. The predicted molar refractivity (Wildman–Crippen MR) is 140 cm³/mol. The quantitative estimate of drug-likeness (QED) is 0.448. The largest absolute Gasteiger partial charge is 0.486 e. The molecule has 3 aromatic rings. The van der Waals surface area contributed by atoms with Gasteiger partial charge in [-0.1, -0.05) is 12.1 Å². The molecule has 6 rings (SSSR count). The molecule has 3 aliphatic rings. The van der Waals surface area contributed by atoms with Gasteiger partial charge in [-0.05, 0) is 68.0 Å². The molecule has 0 bridgehead atoms. The van der Waals surface area contributed by atoms with Gasteiger partial charge >= 0.3 is 6.09 Å². The number of benzene rings is 2. The fourth-order valence-corrected chi connectivity index (χ4v) is 5.32. The van der Waals surface area contributed by atoms with Crippen LogP contribution in [-0.2, 0) is 18.9 Å². The van der Waals surface area contributed by atoms with Crippen LogP contribution in [0, 0.1) is 11.3 Å². The van der Waals surface area contributed by atoms with Gasteiger partial charge in [-0.15, -0.1) is 0 Å². The van der Waals surface area contributed by atoms with E-state index in [1.807, 2.05) is 42.5 Å². The van der Waals surface area contributed by atoms with Crippen LogP contribution in [0.25, 0.3) is 22.2 Å². The number of fused-ring (bicyclic) bond motifs is 1. The number of anilines is 1. The van der Waals surface area contributed by atoms with E-state index in [9.17, 15) is 10.1 Å². The van der Waals surface area contributed by atoms with Crippen LogP contribution in [0.5, 0.6) is 5.75 Å². The van der Waals surface area contributed by atoms with Crippen LogP contribution in [0.2, 0.25) is 0 Å². The first kappa shape index (κ1) is 24.7. The van der Waals surface area contributed by atoms with Crippen molar-refractivity contribution in [1.82, 2.24) is 4.57 Å². The van der Waals surface area contributed by atoms with E-state index in [0.29, 0.717) is 36.3 Å². The third-order valence-corrected chi connectivity index (χ3v) is 7.43. The zero-order valence-corrected chi connectivity index (χ0v) is 21.2. The molecule has 2 saturated heterocycles. The normalized spacial score (nSPS) is 20.1. The fourth-order valence-electron chi connectivity index (χ4n) is 5.32. The highest BCUT2D eigenvalue weighted by Gasteiger charge is 2.28. The first-order valence-corrected chi connectivity index (χ1v) is 13.3. The van der Waals surface area contributed by atoms with Crippen LogP contribution < -0.4 is 10.1 Å². The Morgan fingerprint density at radius 2 is 1.89 bits per heavy atom. The highest BCUT2D eigenvalue weighted by Crippen LogP contribution is 2.43. The number of carbonyl (C=O) groups is 1. The highest BCUT2D eigenvalue weighted by molar-refractivity contribution is 5.96. The molecule has 0 unspecified atom stereocenters. The SMILES string of the molecule is N#Cc1c(-c2ccc(NC(=O)OC[C@H]3CCCO3)cc2)n(C2CCC2)c2ccc(OC3COCOC3)cc12. The topological polar surface area (TPSA) is 104 Å². The Kier molecular flexibility index (Phi) is 7.18. The van der Waals surface area contributed by atoms with E-state index in [-0.39, 0.29) is 25.6 Å². The Labute approximate surface area is 221 Å². The number of amides is 1. The Morgan fingerprint density at radius 3 is 2.58 bits per heavy atom. The minimum atomic E-state index is -0.504. The van der Waals surface area contributed by atoms with Crippen LogP contribution in [0.4, 0.5) is 10.5 Å². The zero-order valence-electron chi connectivity index (χ0n) is 21.2. The molecule has 1 aliphatic carbocycles. The second-order valence-electron chi connectivity index (χ2n) is 10.0. The minimum Gasteiger partial charge on any atom is -0.486 e. The summed E-state index contributed by atoms with van der Waals surface area (Å²) in [5, 5.41) is 13.9. The molecule has 3 heterocycles. The number of aromatic nitrogens is 1. The van der Waals surface area contributed by atoms with Crippen molar-refractivity contribution in [3.63, 3.8) is 0 Å². The summed E-state index contributed by atoms with van der Waals surface area (Å²) in [6.45, 7) is 2.21. The average Bonchev–Trinajstić information content (AvgIpc) is 3.54. The maximum atomic E-state index is 12.2. The Morgan fingerprint density at radius 1 is 1.08 bits per heavy atom. The lowest BCUT2D eigenvalue weighted by Gasteiger charge is -2.30. The molecule has 2 aromatic carbocycles. The zero-order chi connectivity index (χ0) is 25.9. The van der Waals surface area contributed by atoms with Crippen molar-refractivity contribution in [3.05, 3.63) is 48.0 Å². The lowest BCUT2D eigenvalue weighted by Crippen LogP contribution is -2.33. The van der Waals surface area contributed by atoms with Crippen molar-refractivity contribution < 1.29 is 28.5 Å². The summed E-state index contributed by atoms with van der Waals surface area (Å²) in [6, 6.07) is 16.3. The summed E-state index contributed by atoms with van der Waals surface area (Å²) in [6.07, 6.45) is 4.53. The summed E-state index contributed by atoms with van der Waals surface area (Å²) in [5.74, 6) is 0.687. The summed E-state index contributed by atoms with van der Waals surface area (Å²) < 4.78 is 29.9. The van der Waals surface area contributed by atoms with Crippen LogP contribution in [0.15, 0.2) is 42.5 Å². The highest BCUT2D eigenvalue weighted by atomic mass is 16.7. The van der Waals surface area contributed by atoms with Gasteiger partial charge in [-0.2, -0.15) is 5.26 Å². The van der Waals surface area contributed by atoms with E-state index in [4.69, 9.17) is 23.7 Å². The molecular weight excluding hydrogens is 486 g/mol. The molecule has 0 spiro atoms. The van der Waals surface area contributed by atoms with Crippen LogP contribution in [-0.4, -0.2) is 56.1 Å². The molecule has 1 amide bonds. The number of nitrogens with zero attached hydrogens (tertiary/aromatic N) is 2. The predicted octanol–water partition coefficient (Wildman–Crippen LogP) is 5.38. The van der Waals surface area contributed by atoms with Crippen LogP contribution >= 0.6 is 0 Å². The van der Waals surface area contributed by atoms with Crippen molar-refractivity contribution in [1.29, 1.82) is 5.26 Å². The van der Waals surface area contributed by atoms with Crippen molar-refractivity contribution >= 4 is 22.7 Å². The molecule has 9 nitrogen and oxygen atoms in total. The Hall–Kier alpha value is -3.58. The first-order chi connectivity index (χ1) is 18.7. The van der Waals surface area contributed by atoms with Crippen molar-refractivity contribution in [2.24, 2.45) is 0 Å². The number of nitriles is 1. The van der Waals surface area contributed by atoms with E-state index in [0.717, 1.165) is 54.5 Å². The lowest BCUT2D eigenvalue weighted by atomic mass is 9.92. The molecule has 3 fully saturated rings. The lowest BCUT2D eigenvalue weighted by molar-refractivity contribution is -0.143. The van der Waals surface area contributed by atoms with E-state index in [1.165, 1.54) is 6.42 Å². The van der Waals surface area contributed by atoms with Crippen molar-refractivity contribution in [2.75, 3.05) is 38.5 Å². The van der Waals surface area contributed by atoms with E-state index < -0.39 is 6.09 Å². The second kappa shape index (κ2) is 11.0. The molecule has 2 aliphatic heterocycles. The van der Waals surface area contributed by atoms with Crippen LogP contribution in [0.1, 0.15) is 43.7 Å². The van der Waals surface area contributed by atoms with Crippen LogP contribution in [0.3, 0.4) is 0 Å². The van der Waals surface area contributed by atoms with E-state index in [1.54, 1.807) is 0 Å². The minimum absolute atomic E-state index is 0.0174. The third-order valence-electron chi connectivity index (χ3n) is 7.43. The number of ether oxygens (including phenoxy) is 5. The summed E-state index contributed by atoms with van der Waals surface area (Å²) >= 11 is 0.